The SMILES string of the molecule is N=C1S[C@@H](Cc2ccccc2Cl)C(=O)N1c1ncc(Cc2cccc(Cl)c2Cl)s1. The summed E-state index contributed by atoms with van der Waals surface area (Å²) in [4.78, 5) is 19.6. The Morgan fingerprint density at radius 1 is 1.03 bits per heavy atom. The Bertz CT molecular complexity index is 1100. The maximum atomic E-state index is 12.9. The van der Waals surface area contributed by atoms with Gasteiger partial charge in [0.2, 0.25) is 5.91 Å². The Kier molecular flexibility index (Phi) is 6.18. The van der Waals surface area contributed by atoms with Gasteiger partial charge in [0.05, 0.1) is 15.3 Å². The molecular weight excluding hydrogens is 469 g/mol. The molecule has 1 fully saturated rings. The Labute approximate surface area is 191 Å². The molecule has 2 heterocycles. The highest BCUT2D eigenvalue weighted by molar-refractivity contribution is 8.16. The average Bonchev–Trinajstić information content (AvgIpc) is 3.25. The molecule has 1 N–H and O–H groups in total. The fraction of sp³-hybridized carbons (Fsp3) is 0.150. The van der Waals surface area contributed by atoms with Crippen molar-refractivity contribution in [1.82, 2.24) is 4.98 Å². The van der Waals surface area contributed by atoms with Gasteiger partial charge in [-0.3, -0.25) is 10.2 Å². The zero-order chi connectivity index (χ0) is 20.5. The first kappa shape index (κ1) is 20.7. The van der Waals surface area contributed by atoms with Gasteiger partial charge in [0.15, 0.2) is 10.3 Å². The number of hydrogen-bond donors (Lipinski definition) is 1. The van der Waals surface area contributed by atoms with E-state index in [1.165, 1.54) is 28.0 Å². The standard InChI is InChI=1S/C20H14Cl3N3OS2/c21-14-6-2-1-4-11(14)9-16-18(27)26(19(24)29-16)20-25-10-13(28-20)8-12-5-3-7-15(22)17(12)23/h1-7,10,16,24H,8-9H2/t16-/m0/s1. The third-order valence-corrected chi connectivity index (χ3v) is 7.71. The lowest BCUT2D eigenvalue weighted by Crippen LogP contribution is -2.32. The number of carbonyl (C=O) groups excluding carboxylic acids is 1. The monoisotopic (exact) mass is 481 g/mol. The molecule has 0 bridgehead atoms. The normalized spacial score (nSPS) is 16.7. The second kappa shape index (κ2) is 8.66. The smallest absolute Gasteiger partial charge is 0.248 e. The molecule has 29 heavy (non-hydrogen) atoms. The fourth-order valence-electron chi connectivity index (χ4n) is 3.01. The van der Waals surface area contributed by atoms with E-state index in [2.05, 4.69) is 4.98 Å². The van der Waals surface area contributed by atoms with Crippen molar-refractivity contribution in [2.75, 3.05) is 4.90 Å². The van der Waals surface area contributed by atoms with Gasteiger partial charge in [-0.05, 0) is 29.7 Å². The van der Waals surface area contributed by atoms with Gasteiger partial charge < -0.3 is 0 Å². The Balaban J connectivity index is 1.52. The van der Waals surface area contributed by atoms with Crippen LogP contribution in [0, 0.1) is 5.41 Å². The topological polar surface area (TPSA) is 57.1 Å². The highest BCUT2D eigenvalue weighted by Gasteiger charge is 2.39. The van der Waals surface area contributed by atoms with E-state index >= 15 is 0 Å². The lowest BCUT2D eigenvalue weighted by molar-refractivity contribution is -0.116. The third kappa shape index (κ3) is 4.32. The lowest BCUT2D eigenvalue weighted by Gasteiger charge is -2.12. The molecule has 3 aromatic rings. The summed E-state index contributed by atoms with van der Waals surface area (Å²) in [7, 11) is 0. The third-order valence-electron chi connectivity index (χ3n) is 4.44. The van der Waals surface area contributed by atoms with E-state index in [9.17, 15) is 4.79 Å². The van der Waals surface area contributed by atoms with Crippen LogP contribution in [-0.2, 0) is 17.6 Å². The molecular formula is C20H14Cl3N3OS2. The number of nitrogens with zero attached hydrogens (tertiary/aromatic N) is 2. The van der Waals surface area contributed by atoms with Crippen LogP contribution in [0.3, 0.4) is 0 Å². The number of amidine groups is 1. The molecule has 1 aliphatic heterocycles. The maximum Gasteiger partial charge on any atom is 0.248 e. The van der Waals surface area contributed by atoms with Crippen molar-refractivity contribution >= 4 is 74.1 Å². The van der Waals surface area contributed by atoms with Crippen LogP contribution in [0.5, 0.6) is 0 Å². The number of halogens is 3. The zero-order valence-corrected chi connectivity index (χ0v) is 18.8. The molecule has 2 aromatic carbocycles. The first-order valence-corrected chi connectivity index (χ1v) is 11.5. The molecule has 1 atom stereocenters. The van der Waals surface area contributed by atoms with Crippen molar-refractivity contribution in [2.45, 2.75) is 18.1 Å². The minimum atomic E-state index is -0.392. The van der Waals surface area contributed by atoms with Crippen molar-refractivity contribution < 1.29 is 4.79 Å². The van der Waals surface area contributed by atoms with Gasteiger partial charge in [0.1, 0.15) is 0 Å². The molecule has 1 aliphatic rings. The van der Waals surface area contributed by atoms with E-state index in [4.69, 9.17) is 40.2 Å². The number of hydrogen-bond acceptors (Lipinski definition) is 5. The van der Waals surface area contributed by atoms with Crippen LogP contribution in [0.4, 0.5) is 5.13 Å². The van der Waals surface area contributed by atoms with Gasteiger partial charge in [-0.2, -0.15) is 0 Å². The number of thioether (sulfide) groups is 1. The minimum Gasteiger partial charge on any atom is -0.278 e. The van der Waals surface area contributed by atoms with Gasteiger partial charge >= 0.3 is 0 Å². The number of carbonyl (C=O) groups is 1. The molecule has 1 saturated heterocycles. The molecule has 9 heteroatoms. The summed E-state index contributed by atoms with van der Waals surface area (Å²) in [5.74, 6) is -0.151. The average molecular weight is 483 g/mol. The molecule has 148 valence electrons. The van der Waals surface area contributed by atoms with Crippen molar-refractivity contribution in [1.29, 1.82) is 5.41 Å². The van der Waals surface area contributed by atoms with Crippen molar-refractivity contribution in [2.24, 2.45) is 0 Å². The fourth-order valence-corrected chi connectivity index (χ4v) is 5.63. The molecule has 4 nitrogen and oxygen atoms in total. The summed E-state index contributed by atoms with van der Waals surface area (Å²) in [5.41, 5.74) is 1.79. The first-order valence-electron chi connectivity index (χ1n) is 8.64. The lowest BCUT2D eigenvalue weighted by atomic mass is 10.1. The summed E-state index contributed by atoms with van der Waals surface area (Å²) in [5, 5.41) is 10.2. The highest BCUT2D eigenvalue weighted by atomic mass is 35.5. The maximum absolute atomic E-state index is 12.9. The number of thiazole rings is 1. The van der Waals surface area contributed by atoms with Crippen LogP contribution in [-0.4, -0.2) is 21.3 Å². The number of nitrogens with one attached hydrogen (secondary N) is 1. The highest BCUT2D eigenvalue weighted by Crippen LogP contribution is 2.37. The summed E-state index contributed by atoms with van der Waals surface area (Å²) in [6.45, 7) is 0. The number of amides is 1. The van der Waals surface area contributed by atoms with Gasteiger partial charge in [0.25, 0.3) is 0 Å². The van der Waals surface area contributed by atoms with Gasteiger partial charge in [-0.25, -0.2) is 9.88 Å². The summed E-state index contributed by atoms with van der Waals surface area (Å²) in [6.07, 6.45) is 2.74. The first-order chi connectivity index (χ1) is 13.9. The van der Waals surface area contributed by atoms with Crippen molar-refractivity contribution in [3.63, 3.8) is 0 Å². The summed E-state index contributed by atoms with van der Waals surface area (Å²) in [6, 6.07) is 13.0. The van der Waals surface area contributed by atoms with Crippen LogP contribution in [0.25, 0.3) is 0 Å². The van der Waals surface area contributed by atoms with E-state index in [0.717, 1.165) is 16.0 Å². The Morgan fingerprint density at radius 3 is 2.55 bits per heavy atom. The van der Waals surface area contributed by atoms with Gasteiger partial charge in [-0.1, -0.05) is 76.9 Å². The van der Waals surface area contributed by atoms with E-state index in [1.807, 2.05) is 30.3 Å². The van der Waals surface area contributed by atoms with Crippen LogP contribution < -0.4 is 4.90 Å². The van der Waals surface area contributed by atoms with Gasteiger partial charge in [0, 0.05) is 22.5 Å². The van der Waals surface area contributed by atoms with E-state index in [0.29, 0.717) is 33.0 Å². The van der Waals surface area contributed by atoms with Crippen molar-refractivity contribution in [3.05, 3.63) is 79.7 Å². The molecule has 4 rings (SSSR count). The van der Waals surface area contributed by atoms with E-state index in [-0.39, 0.29) is 11.1 Å². The number of rotatable bonds is 5. The predicted molar refractivity (Wildman–Crippen MR) is 123 cm³/mol. The second-order valence-electron chi connectivity index (χ2n) is 6.38. The zero-order valence-electron chi connectivity index (χ0n) is 14.9. The Morgan fingerprint density at radius 2 is 1.76 bits per heavy atom. The molecule has 0 unspecified atom stereocenters. The quantitative estimate of drug-likeness (QED) is 0.463. The van der Waals surface area contributed by atoms with E-state index in [1.54, 1.807) is 18.3 Å². The predicted octanol–water partition coefficient (Wildman–Crippen LogP) is 6.32. The number of benzene rings is 2. The van der Waals surface area contributed by atoms with Crippen LogP contribution >= 0.6 is 57.9 Å². The molecule has 0 aliphatic carbocycles. The largest absolute Gasteiger partial charge is 0.278 e. The molecule has 0 radical (unpaired) electrons. The molecule has 1 amide bonds. The minimum absolute atomic E-state index is 0.151. The molecule has 1 aromatic heterocycles. The summed E-state index contributed by atoms with van der Waals surface area (Å²) < 4.78 is 0. The van der Waals surface area contributed by atoms with Crippen LogP contribution in [0.15, 0.2) is 48.7 Å². The number of anilines is 1. The van der Waals surface area contributed by atoms with Crippen LogP contribution in [0.2, 0.25) is 15.1 Å². The Hall–Kier alpha value is -1.57. The molecule has 0 saturated carbocycles. The van der Waals surface area contributed by atoms with Crippen molar-refractivity contribution in [3.8, 4) is 0 Å². The van der Waals surface area contributed by atoms with Gasteiger partial charge in [-0.15, -0.1) is 11.3 Å². The second-order valence-corrected chi connectivity index (χ2v) is 9.86. The molecule has 0 spiro atoms. The van der Waals surface area contributed by atoms with E-state index < -0.39 is 5.25 Å². The van der Waals surface area contributed by atoms with Crippen LogP contribution in [0.1, 0.15) is 16.0 Å². The summed E-state index contributed by atoms with van der Waals surface area (Å²) >= 11 is 21.2. The number of aromatic nitrogens is 1.